The maximum absolute atomic E-state index is 12.2. The highest BCUT2D eigenvalue weighted by Crippen LogP contribution is 2.26. The number of carbonyl (C=O) groups excluding carboxylic acids is 1. The van der Waals surface area contributed by atoms with Gasteiger partial charge in [-0.15, -0.1) is 0 Å². The molecule has 0 atom stereocenters. The highest BCUT2D eigenvalue weighted by Gasteiger charge is 2.20. The summed E-state index contributed by atoms with van der Waals surface area (Å²) in [5.41, 5.74) is 0.710. The number of carboxylic acid groups (broad SMARTS) is 1. The average Bonchev–Trinajstić information content (AvgIpc) is 2.70. The lowest BCUT2D eigenvalue weighted by Crippen LogP contribution is -2.15. The summed E-state index contributed by atoms with van der Waals surface area (Å²) in [4.78, 5) is 26.0. The van der Waals surface area contributed by atoms with E-state index in [1.54, 1.807) is 13.0 Å². The van der Waals surface area contributed by atoms with Crippen molar-refractivity contribution in [3.63, 3.8) is 0 Å². The lowest BCUT2D eigenvalue weighted by molar-refractivity contribution is 0.0697. The molecule has 0 radical (unpaired) electrons. The number of H-pyrrole nitrogens is 1. The molecule has 2 rings (SSSR count). The first-order chi connectivity index (χ1) is 9.41. The van der Waals surface area contributed by atoms with Crippen molar-refractivity contribution in [3.05, 3.63) is 51.3 Å². The van der Waals surface area contributed by atoms with Crippen LogP contribution in [0.5, 0.6) is 0 Å². The Balaban J connectivity index is 2.36. The minimum absolute atomic E-state index is 0.00141. The third kappa shape index (κ3) is 2.64. The molecule has 0 aliphatic rings. The molecule has 1 amide bonds. The van der Waals surface area contributed by atoms with Gasteiger partial charge in [0.1, 0.15) is 5.56 Å². The Morgan fingerprint density at radius 3 is 2.35 bits per heavy atom. The number of rotatable bonds is 3. The van der Waals surface area contributed by atoms with E-state index in [0.29, 0.717) is 5.69 Å². The van der Waals surface area contributed by atoms with Crippen LogP contribution in [-0.4, -0.2) is 22.0 Å². The summed E-state index contributed by atoms with van der Waals surface area (Å²) in [5, 5.41) is 12.0. The molecule has 0 spiro atoms. The molecule has 0 aliphatic heterocycles. The highest BCUT2D eigenvalue weighted by molar-refractivity contribution is 6.40. The molecule has 2 aromatic rings. The number of hydrogen-bond donors (Lipinski definition) is 3. The number of nitrogens with one attached hydrogen (secondary N) is 2. The fourth-order valence-corrected chi connectivity index (χ4v) is 2.37. The van der Waals surface area contributed by atoms with Gasteiger partial charge in [0.15, 0.2) is 0 Å². The van der Waals surface area contributed by atoms with Crippen molar-refractivity contribution in [2.24, 2.45) is 0 Å². The summed E-state index contributed by atoms with van der Waals surface area (Å²) < 4.78 is 0. The Morgan fingerprint density at radius 2 is 1.80 bits per heavy atom. The van der Waals surface area contributed by atoms with E-state index in [2.05, 4.69) is 10.3 Å². The Hall–Kier alpha value is -1.98. The zero-order valence-electron chi connectivity index (χ0n) is 10.3. The molecule has 0 fully saturated rings. The molecular weight excluding hydrogens is 303 g/mol. The molecule has 0 aliphatic carbocycles. The zero-order chi connectivity index (χ0) is 14.9. The molecule has 0 bridgehead atoms. The van der Waals surface area contributed by atoms with E-state index in [0.717, 1.165) is 0 Å². The number of carboxylic acids is 1. The molecule has 3 N–H and O–H groups in total. The molecule has 0 saturated heterocycles. The number of aromatic carboxylic acids is 1. The van der Waals surface area contributed by atoms with Crippen LogP contribution in [-0.2, 0) is 0 Å². The van der Waals surface area contributed by atoms with Gasteiger partial charge >= 0.3 is 5.97 Å². The standard InChI is InChI=1S/C13H10Cl2N2O3/c1-6-10(13(19)20)9(5-16-6)17-12(18)11-7(14)3-2-4-8(11)15/h2-5,16H,1H3,(H,17,18)(H,19,20). The second-order valence-electron chi connectivity index (χ2n) is 4.06. The van der Waals surface area contributed by atoms with Crippen LogP contribution in [0.4, 0.5) is 5.69 Å². The lowest BCUT2D eigenvalue weighted by Gasteiger charge is -2.08. The minimum atomic E-state index is -1.13. The smallest absolute Gasteiger partial charge is 0.339 e. The monoisotopic (exact) mass is 312 g/mol. The third-order valence-corrected chi connectivity index (χ3v) is 3.36. The van der Waals surface area contributed by atoms with Crippen LogP contribution in [0.2, 0.25) is 10.0 Å². The molecule has 0 unspecified atom stereocenters. The topological polar surface area (TPSA) is 82.2 Å². The summed E-state index contributed by atoms with van der Waals surface area (Å²) >= 11 is 11.9. The molecule has 104 valence electrons. The van der Waals surface area contributed by atoms with Crippen LogP contribution < -0.4 is 5.32 Å². The largest absolute Gasteiger partial charge is 0.478 e. The van der Waals surface area contributed by atoms with E-state index in [1.807, 2.05) is 0 Å². The number of anilines is 1. The van der Waals surface area contributed by atoms with E-state index in [9.17, 15) is 9.59 Å². The van der Waals surface area contributed by atoms with Crippen LogP contribution in [0.15, 0.2) is 24.4 Å². The van der Waals surface area contributed by atoms with Crippen molar-refractivity contribution in [2.75, 3.05) is 5.32 Å². The van der Waals surface area contributed by atoms with E-state index >= 15 is 0 Å². The van der Waals surface area contributed by atoms with E-state index in [-0.39, 0.29) is 26.9 Å². The number of aryl methyl sites for hydroxylation is 1. The first-order valence-corrected chi connectivity index (χ1v) is 6.34. The summed E-state index contributed by atoms with van der Waals surface area (Å²) in [6.45, 7) is 1.60. The summed E-state index contributed by atoms with van der Waals surface area (Å²) in [6, 6.07) is 4.68. The van der Waals surface area contributed by atoms with Crippen LogP contribution in [0, 0.1) is 6.92 Å². The van der Waals surface area contributed by atoms with Gasteiger partial charge in [0.2, 0.25) is 0 Å². The lowest BCUT2D eigenvalue weighted by atomic mass is 10.2. The SMILES string of the molecule is Cc1[nH]cc(NC(=O)c2c(Cl)cccc2Cl)c1C(=O)O. The van der Waals surface area contributed by atoms with Gasteiger partial charge in [-0.05, 0) is 19.1 Å². The van der Waals surface area contributed by atoms with Gasteiger partial charge in [-0.3, -0.25) is 4.79 Å². The molecule has 1 aromatic carbocycles. The summed E-state index contributed by atoms with van der Waals surface area (Å²) in [5.74, 6) is -1.70. The molecular formula is C13H10Cl2N2O3. The fourth-order valence-electron chi connectivity index (χ4n) is 1.80. The van der Waals surface area contributed by atoms with Crippen LogP contribution >= 0.6 is 23.2 Å². The molecule has 7 heteroatoms. The van der Waals surface area contributed by atoms with Crippen molar-refractivity contribution >= 4 is 40.8 Å². The van der Waals surface area contributed by atoms with Gasteiger partial charge in [0.25, 0.3) is 5.91 Å². The zero-order valence-corrected chi connectivity index (χ0v) is 11.8. The number of amides is 1. The van der Waals surface area contributed by atoms with Crippen molar-refractivity contribution in [1.82, 2.24) is 4.98 Å². The minimum Gasteiger partial charge on any atom is -0.478 e. The average molecular weight is 313 g/mol. The van der Waals surface area contributed by atoms with Gasteiger partial charge in [-0.2, -0.15) is 0 Å². The third-order valence-electron chi connectivity index (χ3n) is 2.73. The van der Waals surface area contributed by atoms with Crippen LogP contribution in [0.25, 0.3) is 0 Å². The number of hydrogen-bond acceptors (Lipinski definition) is 2. The predicted molar refractivity (Wildman–Crippen MR) is 76.9 cm³/mol. The predicted octanol–water partition coefficient (Wildman–Crippen LogP) is 3.58. The van der Waals surface area contributed by atoms with E-state index < -0.39 is 11.9 Å². The highest BCUT2D eigenvalue weighted by atomic mass is 35.5. The first-order valence-electron chi connectivity index (χ1n) is 5.58. The molecule has 5 nitrogen and oxygen atoms in total. The summed E-state index contributed by atoms with van der Waals surface area (Å²) in [6.07, 6.45) is 1.40. The van der Waals surface area contributed by atoms with Gasteiger partial charge < -0.3 is 15.4 Å². The van der Waals surface area contributed by atoms with Crippen LogP contribution in [0.3, 0.4) is 0 Å². The van der Waals surface area contributed by atoms with Gasteiger partial charge in [0.05, 0.1) is 21.3 Å². The molecule has 1 aromatic heterocycles. The number of benzene rings is 1. The first kappa shape index (κ1) is 14.4. The maximum Gasteiger partial charge on any atom is 0.339 e. The van der Waals surface area contributed by atoms with Crippen LogP contribution in [0.1, 0.15) is 26.4 Å². The van der Waals surface area contributed by atoms with Gasteiger partial charge in [-0.25, -0.2) is 4.79 Å². The Kier molecular flexibility index (Phi) is 4.01. The number of carbonyl (C=O) groups is 2. The molecule has 20 heavy (non-hydrogen) atoms. The van der Waals surface area contributed by atoms with E-state index in [4.69, 9.17) is 28.3 Å². The molecule has 0 saturated carbocycles. The van der Waals surface area contributed by atoms with E-state index in [1.165, 1.54) is 18.3 Å². The van der Waals surface area contributed by atoms with Gasteiger partial charge in [0, 0.05) is 11.9 Å². The normalized spacial score (nSPS) is 10.3. The van der Waals surface area contributed by atoms with Gasteiger partial charge in [-0.1, -0.05) is 29.3 Å². The Morgan fingerprint density at radius 1 is 1.20 bits per heavy atom. The molecule has 1 heterocycles. The van der Waals surface area contributed by atoms with Crippen molar-refractivity contribution in [1.29, 1.82) is 0 Å². The Bertz CT molecular complexity index is 675. The second kappa shape index (κ2) is 5.56. The fraction of sp³-hybridized carbons (Fsp3) is 0.0769. The number of aromatic nitrogens is 1. The second-order valence-corrected chi connectivity index (χ2v) is 4.87. The number of halogens is 2. The van der Waals surface area contributed by atoms with Crippen molar-refractivity contribution in [2.45, 2.75) is 6.92 Å². The van der Waals surface area contributed by atoms with Crippen molar-refractivity contribution in [3.8, 4) is 0 Å². The number of aromatic amines is 1. The van der Waals surface area contributed by atoms with Crippen molar-refractivity contribution < 1.29 is 14.7 Å². The quantitative estimate of drug-likeness (QED) is 0.810. The summed E-state index contributed by atoms with van der Waals surface area (Å²) in [7, 11) is 0. The maximum atomic E-state index is 12.2. The Labute approximate surface area is 124 Å².